The van der Waals surface area contributed by atoms with Gasteiger partial charge in [-0.25, -0.2) is 9.97 Å². The number of nitrogens with one attached hydrogen (secondary N) is 1. The van der Waals surface area contributed by atoms with Crippen LogP contribution >= 0.6 is 0 Å². The van der Waals surface area contributed by atoms with Crippen LogP contribution in [0.3, 0.4) is 0 Å². The van der Waals surface area contributed by atoms with Gasteiger partial charge in [0.05, 0.1) is 5.39 Å². The minimum absolute atomic E-state index is 0.137. The maximum atomic E-state index is 11.7. The van der Waals surface area contributed by atoms with Crippen LogP contribution in [0.4, 0.5) is 5.82 Å². The second-order valence-electron chi connectivity index (χ2n) is 6.33. The Kier molecular flexibility index (Phi) is 3.04. The second-order valence-corrected chi connectivity index (χ2v) is 6.33. The van der Waals surface area contributed by atoms with Gasteiger partial charge in [0.1, 0.15) is 24.4 Å². The van der Waals surface area contributed by atoms with Crippen molar-refractivity contribution >= 4 is 22.8 Å². The Morgan fingerprint density at radius 1 is 1.32 bits per heavy atom. The largest absolute Gasteiger partial charge is 0.387 e. The molecule has 1 unspecified atom stereocenters. The number of aliphatic hydroxyl groups is 1. The summed E-state index contributed by atoms with van der Waals surface area (Å²) in [5.74, 6) is 0.806. The van der Waals surface area contributed by atoms with E-state index in [9.17, 15) is 4.79 Å². The molecular weight excluding hydrogens is 282 g/mol. The van der Waals surface area contributed by atoms with E-state index in [4.69, 9.17) is 5.11 Å². The summed E-state index contributed by atoms with van der Waals surface area (Å²) < 4.78 is 0. The van der Waals surface area contributed by atoms with Crippen molar-refractivity contribution < 1.29 is 9.90 Å². The Morgan fingerprint density at radius 2 is 2.18 bits per heavy atom. The van der Waals surface area contributed by atoms with Crippen LogP contribution in [0.2, 0.25) is 0 Å². The van der Waals surface area contributed by atoms with Gasteiger partial charge in [-0.2, -0.15) is 0 Å². The lowest BCUT2D eigenvalue weighted by molar-refractivity contribution is -0.133. The van der Waals surface area contributed by atoms with E-state index in [1.54, 1.807) is 11.2 Å². The third-order valence-corrected chi connectivity index (χ3v) is 5.00. The maximum Gasteiger partial charge on any atom is 0.248 e. The van der Waals surface area contributed by atoms with Crippen LogP contribution in [-0.4, -0.2) is 63.7 Å². The van der Waals surface area contributed by atoms with Crippen LogP contribution in [0.25, 0.3) is 11.0 Å². The highest BCUT2D eigenvalue weighted by Crippen LogP contribution is 2.41. The average molecular weight is 301 g/mol. The number of aliphatic hydroxyl groups excluding tert-OH is 1. The molecule has 116 valence electrons. The molecule has 0 radical (unpaired) electrons. The molecule has 0 aromatic carbocycles. The molecule has 2 aliphatic rings. The van der Waals surface area contributed by atoms with E-state index in [0.717, 1.165) is 55.9 Å². The lowest BCUT2D eigenvalue weighted by Gasteiger charge is -2.25. The Bertz CT molecular complexity index is 715. The molecule has 0 aliphatic carbocycles. The molecule has 0 saturated carbocycles. The molecule has 2 saturated heterocycles. The van der Waals surface area contributed by atoms with Gasteiger partial charge in [0.25, 0.3) is 0 Å². The minimum atomic E-state index is -0.393. The normalized spacial score (nSPS) is 24.8. The van der Waals surface area contributed by atoms with Gasteiger partial charge in [-0.3, -0.25) is 4.79 Å². The van der Waals surface area contributed by atoms with Crippen LogP contribution in [0.15, 0.2) is 18.6 Å². The SMILES string of the molecule is O=C(CO)N1CCC2(CCN(c3ncnc4[nH]ccc34)C2)C1. The Labute approximate surface area is 128 Å². The first-order chi connectivity index (χ1) is 10.7. The van der Waals surface area contributed by atoms with Crippen molar-refractivity contribution in [2.45, 2.75) is 12.8 Å². The van der Waals surface area contributed by atoms with Crippen LogP contribution in [0.5, 0.6) is 0 Å². The lowest BCUT2D eigenvalue weighted by Crippen LogP contribution is -2.35. The molecule has 2 aliphatic heterocycles. The van der Waals surface area contributed by atoms with Crippen LogP contribution in [-0.2, 0) is 4.79 Å². The number of fused-ring (bicyclic) bond motifs is 1. The molecule has 22 heavy (non-hydrogen) atoms. The van der Waals surface area contributed by atoms with Crippen LogP contribution in [0.1, 0.15) is 12.8 Å². The maximum absolute atomic E-state index is 11.7. The number of H-pyrrole nitrogens is 1. The van der Waals surface area contributed by atoms with Gasteiger partial charge in [0, 0.05) is 37.8 Å². The number of amides is 1. The Hall–Kier alpha value is -2.15. The third-order valence-electron chi connectivity index (χ3n) is 5.00. The quantitative estimate of drug-likeness (QED) is 0.837. The van der Waals surface area contributed by atoms with E-state index >= 15 is 0 Å². The van der Waals surface area contributed by atoms with Gasteiger partial charge < -0.3 is 19.9 Å². The van der Waals surface area contributed by atoms with Crippen molar-refractivity contribution in [1.82, 2.24) is 19.9 Å². The number of carbonyl (C=O) groups is 1. The molecule has 7 heteroatoms. The van der Waals surface area contributed by atoms with Crippen molar-refractivity contribution in [1.29, 1.82) is 0 Å². The molecule has 4 rings (SSSR count). The summed E-state index contributed by atoms with van der Waals surface area (Å²) in [5, 5.41) is 10.1. The lowest BCUT2D eigenvalue weighted by atomic mass is 9.86. The van der Waals surface area contributed by atoms with E-state index in [0.29, 0.717) is 0 Å². The number of hydrogen-bond donors (Lipinski definition) is 2. The number of anilines is 1. The molecule has 1 amide bonds. The van der Waals surface area contributed by atoms with Gasteiger partial charge in [-0.05, 0) is 18.9 Å². The topological polar surface area (TPSA) is 85.3 Å². The molecule has 2 aromatic heterocycles. The fraction of sp³-hybridized carbons (Fsp3) is 0.533. The minimum Gasteiger partial charge on any atom is -0.387 e. The van der Waals surface area contributed by atoms with Gasteiger partial charge in [-0.1, -0.05) is 0 Å². The van der Waals surface area contributed by atoms with E-state index < -0.39 is 6.61 Å². The van der Waals surface area contributed by atoms with E-state index in [2.05, 4.69) is 19.9 Å². The van der Waals surface area contributed by atoms with Gasteiger partial charge in [-0.15, -0.1) is 0 Å². The number of carbonyl (C=O) groups excluding carboxylic acids is 1. The molecule has 7 nitrogen and oxygen atoms in total. The third kappa shape index (κ3) is 2.04. The smallest absolute Gasteiger partial charge is 0.248 e. The summed E-state index contributed by atoms with van der Waals surface area (Å²) in [6.45, 7) is 2.94. The standard InChI is InChI=1S/C15H19N5O2/c21-7-12(22)19-5-2-15(8-19)3-6-20(9-15)14-11-1-4-16-13(11)17-10-18-14/h1,4,10,21H,2-3,5-9H2,(H,16,17,18). The molecular formula is C15H19N5O2. The highest BCUT2D eigenvalue weighted by Gasteiger charge is 2.45. The van der Waals surface area contributed by atoms with E-state index in [1.807, 2.05) is 12.3 Å². The fourth-order valence-corrected chi connectivity index (χ4v) is 3.81. The van der Waals surface area contributed by atoms with E-state index in [-0.39, 0.29) is 11.3 Å². The predicted octanol–water partition coefficient (Wildman–Crippen LogP) is 0.379. The molecule has 2 fully saturated rings. The number of rotatable bonds is 2. The first kappa shape index (κ1) is 13.5. The van der Waals surface area contributed by atoms with Gasteiger partial charge in [0.15, 0.2) is 0 Å². The molecule has 1 atom stereocenters. The molecule has 0 bridgehead atoms. The molecule has 1 spiro atoms. The zero-order valence-corrected chi connectivity index (χ0v) is 12.3. The summed E-state index contributed by atoms with van der Waals surface area (Å²) in [5.41, 5.74) is 0.993. The number of likely N-dealkylation sites (tertiary alicyclic amines) is 1. The molecule has 2 N–H and O–H groups in total. The second kappa shape index (κ2) is 4.95. The Balaban J connectivity index is 1.56. The van der Waals surface area contributed by atoms with Crippen molar-refractivity contribution in [3.8, 4) is 0 Å². The van der Waals surface area contributed by atoms with E-state index in [1.165, 1.54) is 0 Å². The highest BCUT2D eigenvalue weighted by atomic mass is 16.3. The summed E-state index contributed by atoms with van der Waals surface area (Å²) in [7, 11) is 0. The Morgan fingerprint density at radius 3 is 3.05 bits per heavy atom. The zero-order valence-electron chi connectivity index (χ0n) is 12.3. The van der Waals surface area contributed by atoms with Crippen LogP contribution < -0.4 is 4.90 Å². The molecule has 4 heterocycles. The first-order valence-corrected chi connectivity index (χ1v) is 7.62. The predicted molar refractivity (Wildman–Crippen MR) is 81.4 cm³/mol. The first-order valence-electron chi connectivity index (χ1n) is 7.62. The number of aromatic nitrogens is 3. The van der Waals surface area contributed by atoms with Gasteiger partial charge in [0.2, 0.25) is 5.91 Å². The van der Waals surface area contributed by atoms with Crippen molar-refractivity contribution in [3.63, 3.8) is 0 Å². The number of nitrogens with zero attached hydrogens (tertiary/aromatic N) is 4. The highest BCUT2D eigenvalue weighted by molar-refractivity contribution is 5.87. The summed E-state index contributed by atoms with van der Waals surface area (Å²) >= 11 is 0. The van der Waals surface area contributed by atoms with Gasteiger partial charge >= 0.3 is 0 Å². The summed E-state index contributed by atoms with van der Waals surface area (Å²) in [6.07, 6.45) is 5.52. The number of hydrogen-bond acceptors (Lipinski definition) is 5. The fourth-order valence-electron chi connectivity index (χ4n) is 3.81. The number of aromatic amines is 1. The zero-order chi connectivity index (χ0) is 15.2. The van der Waals surface area contributed by atoms with Crippen molar-refractivity contribution in [2.75, 3.05) is 37.7 Å². The summed E-state index contributed by atoms with van der Waals surface area (Å²) in [6, 6.07) is 2.01. The monoisotopic (exact) mass is 301 g/mol. The molecule has 2 aromatic rings. The van der Waals surface area contributed by atoms with Crippen molar-refractivity contribution in [3.05, 3.63) is 18.6 Å². The van der Waals surface area contributed by atoms with Crippen molar-refractivity contribution in [2.24, 2.45) is 5.41 Å². The summed E-state index contributed by atoms with van der Waals surface area (Å²) in [4.78, 5) is 27.6. The van der Waals surface area contributed by atoms with Crippen LogP contribution in [0, 0.1) is 5.41 Å². The average Bonchev–Trinajstić information content (AvgIpc) is 3.26.